The van der Waals surface area contributed by atoms with Crippen molar-refractivity contribution in [3.8, 4) is 0 Å². The van der Waals surface area contributed by atoms with Gasteiger partial charge in [0.25, 0.3) is 0 Å². The first-order valence-corrected chi connectivity index (χ1v) is 2.75. The minimum absolute atomic E-state index is 0. The molecule has 0 spiro atoms. The molecule has 0 aliphatic rings. The van der Waals surface area contributed by atoms with Crippen molar-refractivity contribution >= 4 is 63.5 Å². The molecule has 4 N–H and O–H groups in total. The second-order valence-electron chi connectivity index (χ2n) is 0.730. The predicted molar refractivity (Wildman–Crippen MR) is 41.9 cm³/mol. The Morgan fingerprint density at radius 2 is 1.09 bits per heavy atom. The monoisotopic (exact) mass is 214 g/mol. The maximum atomic E-state index is 8.74. The first-order chi connectivity index (χ1) is 3.73. The van der Waals surface area contributed by atoms with Gasteiger partial charge in [-0.25, -0.2) is 4.79 Å². The van der Waals surface area contributed by atoms with Gasteiger partial charge in [-0.1, -0.05) is 0 Å². The van der Waals surface area contributed by atoms with Gasteiger partial charge < -0.3 is 10.2 Å². The van der Waals surface area contributed by atoms with Crippen molar-refractivity contribution in [2.45, 2.75) is 0 Å². The van der Waals surface area contributed by atoms with Gasteiger partial charge in [-0.3, -0.25) is 9.11 Å². The van der Waals surface area contributed by atoms with Crippen LogP contribution < -0.4 is 0 Å². The SMILES string of the molecule is O=C(O)O.O=S(=O)(O)O.[AlH3].[NaH]. The van der Waals surface area contributed by atoms with E-state index in [1.165, 1.54) is 0 Å². The third-order valence-electron chi connectivity index (χ3n) is 0. The quantitative estimate of drug-likeness (QED) is 0.264. The Balaban J connectivity index is -0.0000000383. The standard InChI is InChI=1S/CH2O3.Al.Na.H2O4S.4H/c2-1(3)4;;;1-5(2,3)4;;;;/h(H2,2,3,4);;;(H2,1,2,3,4);;;;. The maximum absolute atomic E-state index is 8.74. The van der Waals surface area contributed by atoms with Gasteiger partial charge in [0.05, 0.1) is 0 Å². The van der Waals surface area contributed by atoms with Crippen LogP contribution in [0, 0.1) is 0 Å². The fourth-order valence-electron chi connectivity index (χ4n) is 0. The Morgan fingerprint density at radius 3 is 1.09 bits per heavy atom. The van der Waals surface area contributed by atoms with E-state index in [0.29, 0.717) is 0 Å². The van der Waals surface area contributed by atoms with Crippen LogP contribution in [0.1, 0.15) is 0 Å². The van der Waals surface area contributed by atoms with E-state index in [1.54, 1.807) is 0 Å². The molecule has 0 fully saturated rings. The van der Waals surface area contributed by atoms with Crippen molar-refractivity contribution in [3.05, 3.63) is 0 Å². The molecule has 0 amide bonds. The zero-order valence-electron chi connectivity index (χ0n) is 3.92. The Morgan fingerprint density at radius 1 is 1.09 bits per heavy atom. The van der Waals surface area contributed by atoms with Gasteiger partial charge in [-0.2, -0.15) is 8.42 Å². The molecule has 0 aromatic carbocycles. The van der Waals surface area contributed by atoms with Crippen LogP contribution in [-0.4, -0.2) is 80.8 Å². The Bertz CT molecular complexity index is 161. The number of hydrogen-bond donors (Lipinski definition) is 4. The van der Waals surface area contributed by atoms with Gasteiger partial charge in [0.15, 0.2) is 17.4 Å². The molecule has 0 saturated carbocycles. The molecule has 0 atom stereocenters. The first kappa shape index (κ1) is 22.6. The molecule has 0 radical (unpaired) electrons. The van der Waals surface area contributed by atoms with E-state index in [-0.39, 0.29) is 46.9 Å². The van der Waals surface area contributed by atoms with Crippen LogP contribution in [0.3, 0.4) is 0 Å². The zero-order valence-corrected chi connectivity index (χ0v) is 4.74. The second-order valence-corrected chi connectivity index (χ2v) is 1.63. The van der Waals surface area contributed by atoms with E-state index >= 15 is 0 Å². The molecule has 0 bridgehead atoms. The van der Waals surface area contributed by atoms with E-state index in [1.807, 2.05) is 0 Å². The normalized spacial score (nSPS) is 7.45. The van der Waals surface area contributed by atoms with E-state index in [4.69, 9.17) is 32.5 Å². The molecule has 64 valence electrons. The number of rotatable bonds is 0. The summed E-state index contributed by atoms with van der Waals surface area (Å²) < 4.78 is 31.6. The van der Waals surface area contributed by atoms with Crippen molar-refractivity contribution in [2.75, 3.05) is 0 Å². The van der Waals surface area contributed by atoms with Crippen molar-refractivity contribution in [1.29, 1.82) is 0 Å². The van der Waals surface area contributed by atoms with Gasteiger partial charge in [0, 0.05) is 0 Å². The molecule has 0 heterocycles. The molecule has 11 heavy (non-hydrogen) atoms. The molecule has 0 unspecified atom stereocenters. The zero-order chi connectivity index (χ0) is 8.08. The van der Waals surface area contributed by atoms with Crippen LogP contribution in [0.25, 0.3) is 0 Å². The summed E-state index contributed by atoms with van der Waals surface area (Å²) in [6.45, 7) is 0. The Kier molecular flexibility index (Phi) is 21.9. The van der Waals surface area contributed by atoms with Gasteiger partial charge >= 0.3 is 46.1 Å². The van der Waals surface area contributed by atoms with Crippen LogP contribution in [-0.2, 0) is 10.4 Å². The molecule has 0 rings (SSSR count). The third-order valence-corrected chi connectivity index (χ3v) is 0. The molecule has 10 heteroatoms. The van der Waals surface area contributed by atoms with Gasteiger partial charge in [0.2, 0.25) is 0 Å². The molecule has 0 saturated heterocycles. The van der Waals surface area contributed by atoms with Crippen LogP contribution in [0.15, 0.2) is 0 Å². The molecule has 0 aliphatic heterocycles. The molecule has 0 aliphatic carbocycles. The summed E-state index contributed by atoms with van der Waals surface area (Å²) in [6, 6.07) is 0. The van der Waals surface area contributed by atoms with E-state index in [9.17, 15) is 0 Å². The van der Waals surface area contributed by atoms with Crippen molar-refractivity contribution in [2.24, 2.45) is 0 Å². The fraction of sp³-hybridized carbons (Fsp3) is 0. The Hall–Kier alpha value is 0.672. The van der Waals surface area contributed by atoms with Crippen LogP contribution in [0.5, 0.6) is 0 Å². The Labute approximate surface area is 95.4 Å². The summed E-state index contributed by atoms with van der Waals surface area (Å²) in [6.07, 6.45) is -1.83. The van der Waals surface area contributed by atoms with Crippen LogP contribution in [0.2, 0.25) is 0 Å². The van der Waals surface area contributed by atoms with Gasteiger partial charge in [0.1, 0.15) is 0 Å². The fourth-order valence-corrected chi connectivity index (χ4v) is 0. The van der Waals surface area contributed by atoms with Crippen molar-refractivity contribution in [1.82, 2.24) is 0 Å². The predicted octanol–water partition coefficient (Wildman–Crippen LogP) is -2.26. The minimum atomic E-state index is -4.67. The van der Waals surface area contributed by atoms with E-state index < -0.39 is 16.6 Å². The van der Waals surface area contributed by atoms with E-state index in [2.05, 4.69) is 0 Å². The number of carbonyl (C=O) groups is 1. The summed E-state index contributed by atoms with van der Waals surface area (Å²) >= 11 is 0. The summed E-state index contributed by atoms with van der Waals surface area (Å²) in [5.74, 6) is 0. The van der Waals surface area contributed by atoms with Gasteiger partial charge in [-0.15, -0.1) is 0 Å². The summed E-state index contributed by atoms with van der Waals surface area (Å²) in [7, 11) is -4.67. The molecular formula is CH8AlNaO7S. The summed E-state index contributed by atoms with van der Waals surface area (Å²) in [5.41, 5.74) is 0. The topological polar surface area (TPSA) is 132 Å². The number of carboxylic acid groups (broad SMARTS) is 2. The van der Waals surface area contributed by atoms with E-state index in [0.717, 1.165) is 0 Å². The summed E-state index contributed by atoms with van der Waals surface area (Å²) in [5, 5.41) is 13.9. The third kappa shape index (κ3) is 1780. The van der Waals surface area contributed by atoms with Crippen molar-refractivity contribution < 1.29 is 32.5 Å². The summed E-state index contributed by atoms with van der Waals surface area (Å²) in [4.78, 5) is 8.56. The number of hydrogen-bond acceptors (Lipinski definition) is 3. The second kappa shape index (κ2) is 10.7. The van der Waals surface area contributed by atoms with Gasteiger partial charge in [-0.05, 0) is 0 Å². The molecule has 0 aromatic rings. The van der Waals surface area contributed by atoms with Crippen LogP contribution >= 0.6 is 0 Å². The molecular weight excluding hydrogens is 206 g/mol. The first-order valence-electron chi connectivity index (χ1n) is 1.35. The van der Waals surface area contributed by atoms with Crippen LogP contribution in [0.4, 0.5) is 4.79 Å². The molecule has 0 aromatic heterocycles. The van der Waals surface area contributed by atoms with Crippen molar-refractivity contribution in [3.63, 3.8) is 0 Å². The average molecular weight is 214 g/mol. The molecule has 7 nitrogen and oxygen atoms in total. The average Bonchev–Trinajstić information content (AvgIpc) is 1.19.